The van der Waals surface area contributed by atoms with E-state index >= 15 is 0 Å². The Labute approximate surface area is 174 Å². The van der Waals surface area contributed by atoms with Gasteiger partial charge in [0.1, 0.15) is 5.75 Å². The van der Waals surface area contributed by atoms with E-state index in [-0.39, 0.29) is 0 Å². The fourth-order valence-electron chi connectivity index (χ4n) is 3.80. The van der Waals surface area contributed by atoms with Crippen LogP contribution in [-0.2, 0) is 6.54 Å². The number of anilines is 1. The van der Waals surface area contributed by atoms with Gasteiger partial charge in [0.05, 0.1) is 12.8 Å². The van der Waals surface area contributed by atoms with Crippen LogP contribution >= 0.6 is 0 Å². The van der Waals surface area contributed by atoms with Crippen molar-refractivity contribution in [2.75, 3.05) is 51.8 Å². The summed E-state index contributed by atoms with van der Waals surface area (Å²) >= 11 is 0. The summed E-state index contributed by atoms with van der Waals surface area (Å²) in [6, 6.07) is 10.4. The summed E-state index contributed by atoms with van der Waals surface area (Å²) in [4.78, 5) is 9.25. The maximum absolute atomic E-state index is 5.36. The van der Waals surface area contributed by atoms with Crippen molar-refractivity contribution < 1.29 is 4.74 Å². The normalized spacial score (nSPS) is 16.1. The highest BCUT2D eigenvalue weighted by molar-refractivity contribution is 5.80. The molecule has 1 unspecified atom stereocenters. The summed E-state index contributed by atoms with van der Waals surface area (Å²) in [5.41, 5.74) is 3.50. The van der Waals surface area contributed by atoms with Crippen molar-refractivity contribution in [2.24, 2.45) is 10.9 Å². The Kier molecular flexibility index (Phi) is 7.01. The van der Waals surface area contributed by atoms with Crippen LogP contribution in [0.2, 0.25) is 0 Å². The van der Waals surface area contributed by atoms with E-state index in [1.165, 1.54) is 11.4 Å². The van der Waals surface area contributed by atoms with E-state index in [2.05, 4.69) is 61.9 Å². The van der Waals surface area contributed by atoms with Crippen LogP contribution in [0.5, 0.6) is 5.75 Å². The van der Waals surface area contributed by atoms with Crippen molar-refractivity contribution in [1.82, 2.24) is 20.0 Å². The van der Waals surface area contributed by atoms with Gasteiger partial charge in [0.25, 0.3) is 0 Å². The van der Waals surface area contributed by atoms with E-state index in [1.807, 2.05) is 26.1 Å². The summed E-state index contributed by atoms with van der Waals surface area (Å²) in [5, 5.41) is 8.13. The first-order valence-electron chi connectivity index (χ1n) is 10.4. The van der Waals surface area contributed by atoms with Gasteiger partial charge in [-0.15, -0.1) is 0 Å². The number of nitrogens with zero attached hydrogens (tertiary/aromatic N) is 5. The summed E-state index contributed by atoms with van der Waals surface area (Å²) in [6.07, 6.45) is 0. The molecule has 1 atom stereocenters. The average molecular weight is 399 g/mol. The molecular weight excluding hydrogens is 364 g/mol. The molecule has 1 fully saturated rings. The van der Waals surface area contributed by atoms with Gasteiger partial charge >= 0.3 is 0 Å². The van der Waals surface area contributed by atoms with Gasteiger partial charge in [-0.05, 0) is 38.0 Å². The highest BCUT2D eigenvalue weighted by atomic mass is 16.5. The summed E-state index contributed by atoms with van der Waals surface area (Å²) in [7, 11) is 3.57. The molecule has 2 heterocycles. The van der Waals surface area contributed by atoms with Crippen LogP contribution in [0, 0.1) is 19.8 Å². The molecule has 1 saturated heterocycles. The van der Waals surface area contributed by atoms with Crippen molar-refractivity contribution in [3.63, 3.8) is 0 Å². The molecule has 2 aromatic rings. The monoisotopic (exact) mass is 398 g/mol. The maximum Gasteiger partial charge on any atom is 0.193 e. The number of methoxy groups -OCH3 is 1. The Morgan fingerprint density at radius 3 is 2.59 bits per heavy atom. The average Bonchev–Trinajstić information content (AvgIpc) is 3.05. The lowest BCUT2D eigenvalue weighted by atomic mass is 10.2. The number of nitrogens with one attached hydrogen (secondary N) is 1. The van der Waals surface area contributed by atoms with Gasteiger partial charge in [-0.2, -0.15) is 5.10 Å². The largest absolute Gasteiger partial charge is 0.497 e. The summed E-state index contributed by atoms with van der Waals surface area (Å²) < 4.78 is 7.45. The van der Waals surface area contributed by atoms with E-state index in [4.69, 9.17) is 4.74 Å². The molecule has 0 aliphatic carbocycles. The quantitative estimate of drug-likeness (QED) is 0.599. The van der Waals surface area contributed by atoms with Gasteiger partial charge in [-0.1, -0.05) is 13.0 Å². The molecule has 1 aliphatic heterocycles. The van der Waals surface area contributed by atoms with E-state index in [1.54, 1.807) is 7.11 Å². The topological polar surface area (TPSA) is 57.9 Å². The van der Waals surface area contributed by atoms with E-state index in [0.717, 1.165) is 56.7 Å². The summed E-state index contributed by atoms with van der Waals surface area (Å²) in [5.74, 6) is 2.34. The Morgan fingerprint density at radius 2 is 1.97 bits per heavy atom. The lowest BCUT2D eigenvalue weighted by Gasteiger charge is -2.38. The molecule has 0 bridgehead atoms. The van der Waals surface area contributed by atoms with Gasteiger partial charge in [-0.25, -0.2) is 0 Å². The fourth-order valence-corrected chi connectivity index (χ4v) is 3.80. The molecule has 1 N–H and O–H groups in total. The number of benzene rings is 1. The summed E-state index contributed by atoms with van der Waals surface area (Å²) in [6.45, 7) is 12.0. The van der Waals surface area contributed by atoms with Gasteiger partial charge in [0, 0.05) is 63.8 Å². The van der Waals surface area contributed by atoms with Crippen molar-refractivity contribution >= 4 is 11.6 Å². The fraction of sp³-hybridized carbons (Fsp3) is 0.545. The molecule has 0 spiro atoms. The second kappa shape index (κ2) is 9.67. The first-order chi connectivity index (χ1) is 14.0. The Hall–Kier alpha value is -2.70. The number of ether oxygens (including phenoxy) is 1. The standard InChI is InChI=1S/C22H34N6O/c1-17(16-28-19(3)13-18(2)25-28)15-24-22(23-4)27-11-9-26(10-12-27)20-7-6-8-21(14-20)29-5/h6-8,13-14,17H,9-12,15-16H2,1-5H3,(H,23,24). The number of rotatable bonds is 6. The lowest BCUT2D eigenvalue weighted by Crippen LogP contribution is -2.53. The Bertz CT molecular complexity index is 822. The number of guanidine groups is 1. The number of piperazine rings is 1. The van der Waals surface area contributed by atoms with Crippen LogP contribution in [0.25, 0.3) is 0 Å². The van der Waals surface area contributed by atoms with E-state index in [0.29, 0.717) is 5.92 Å². The Balaban J connectivity index is 1.49. The van der Waals surface area contributed by atoms with Crippen LogP contribution in [0.1, 0.15) is 18.3 Å². The third-order valence-electron chi connectivity index (χ3n) is 5.41. The molecule has 1 aromatic heterocycles. The molecule has 7 nitrogen and oxygen atoms in total. The van der Waals surface area contributed by atoms with E-state index < -0.39 is 0 Å². The van der Waals surface area contributed by atoms with Gasteiger partial charge in [0.2, 0.25) is 0 Å². The first-order valence-corrected chi connectivity index (χ1v) is 10.4. The Morgan fingerprint density at radius 1 is 1.21 bits per heavy atom. The number of hydrogen-bond acceptors (Lipinski definition) is 4. The predicted octanol–water partition coefficient (Wildman–Crippen LogP) is 2.54. The van der Waals surface area contributed by atoms with Crippen LogP contribution in [0.15, 0.2) is 35.3 Å². The zero-order valence-corrected chi connectivity index (χ0v) is 18.4. The zero-order valence-electron chi connectivity index (χ0n) is 18.4. The van der Waals surface area contributed by atoms with Crippen LogP contribution < -0.4 is 15.0 Å². The van der Waals surface area contributed by atoms with Crippen LogP contribution in [0.3, 0.4) is 0 Å². The van der Waals surface area contributed by atoms with Gasteiger partial charge in [0.15, 0.2) is 5.96 Å². The van der Waals surface area contributed by atoms with Crippen LogP contribution in [-0.4, -0.2) is 67.5 Å². The maximum atomic E-state index is 5.36. The smallest absolute Gasteiger partial charge is 0.193 e. The number of aromatic nitrogens is 2. The molecule has 158 valence electrons. The van der Waals surface area contributed by atoms with Gasteiger partial charge in [-0.3, -0.25) is 9.67 Å². The lowest BCUT2D eigenvalue weighted by molar-refractivity contribution is 0.363. The number of aliphatic imine (C=N–C) groups is 1. The molecule has 0 radical (unpaired) electrons. The molecular formula is C22H34N6O. The van der Waals surface area contributed by atoms with E-state index in [9.17, 15) is 0 Å². The second-order valence-electron chi connectivity index (χ2n) is 7.82. The predicted molar refractivity (Wildman–Crippen MR) is 119 cm³/mol. The van der Waals surface area contributed by atoms with Crippen molar-refractivity contribution in [3.8, 4) is 5.75 Å². The van der Waals surface area contributed by atoms with Crippen molar-refractivity contribution in [3.05, 3.63) is 41.7 Å². The van der Waals surface area contributed by atoms with Crippen LogP contribution in [0.4, 0.5) is 5.69 Å². The SMILES string of the molecule is CN=C(NCC(C)Cn1nc(C)cc1C)N1CCN(c2cccc(OC)c2)CC1. The molecule has 1 aromatic carbocycles. The highest BCUT2D eigenvalue weighted by Crippen LogP contribution is 2.22. The van der Waals surface area contributed by atoms with Gasteiger partial charge < -0.3 is 19.9 Å². The minimum absolute atomic E-state index is 0.461. The first kappa shape index (κ1) is 21.0. The zero-order chi connectivity index (χ0) is 20.8. The minimum atomic E-state index is 0.461. The highest BCUT2D eigenvalue weighted by Gasteiger charge is 2.20. The second-order valence-corrected chi connectivity index (χ2v) is 7.82. The third kappa shape index (κ3) is 5.43. The number of aryl methyl sites for hydroxylation is 2. The van der Waals surface area contributed by atoms with Crippen molar-refractivity contribution in [1.29, 1.82) is 0 Å². The molecule has 7 heteroatoms. The molecule has 0 saturated carbocycles. The molecule has 3 rings (SSSR count). The van der Waals surface area contributed by atoms with Crippen molar-refractivity contribution in [2.45, 2.75) is 27.3 Å². The number of hydrogen-bond donors (Lipinski definition) is 1. The minimum Gasteiger partial charge on any atom is -0.497 e. The molecule has 29 heavy (non-hydrogen) atoms. The molecule has 1 aliphatic rings. The molecule has 0 amide bonds. The third-order valence-corrected chi connectivity index (χ3v) is 5.41.